The van der Waals surface area contributed by atoms with Gasteiger partial charge in [-0.25, -0.2) is 9.97 Å². The average Bonchev–Trinajstić information content (AvgIpc) is 3.92. The monoisotopic (exact) mass is 724 g/mol. The highest BCUT2D eigenvalue weighted by atomic mass is 16.3. The maximum absolute atomic E-state index is 6.99. The summed E-state index contributed by atoms with van der Waals surface area (Å²) in [4.78, 5) is 11.1. The Morgan fingerprint density at radius 1 is 0.404 bits per heavy atom. The fourth-order valence-corrected chi connectivity index (χ4v) is 10.1. The molecule has 57 heavy (non-hydrogen) atoms. The first-order chi connectivity index (χ1) is 28.3. The topological polar surface area (TPSA) is 48.3 Å². The molecule has 5 heterocycles. The van der Waals surface area contributed by atoms with Gasteiger partial charge < -0.3 is 8.82 Å². The molecule has 0 radical (unpaired) electrons. The summed E-state index contributed by atoms with van der Waals surface area (Å²) in [6.45, 7) is 0. The minimum Gasteiger partial charge on any atom is -0.454 e. The van der Waals surface area contributed by atoms with E-state index in [0.29, 0.717) is 5.95 Å². The van der Waals surface area contributed by atoms with Gasteiger partial charge in [0.1, 0.15) is 11.1 Å². The Bertz CT molecular complexity index is 4040. The molecular formula is C52H28N4O. The number of furan rings is 1. The van der Waals surface area contributed by atoms with Gasteiger partial charge in [-0.3, -0.25) is 4.57 Å². The van der Waals surface area contributed by atoms with E-state index in [1.54, 1.807) is 0 Å². The molecule has 0 unspecified atom stereocenters. The van der Waals surface area contributed by atoms with Crippen LogP contribution in [0.15, 0.2) is 174 Å². The third kappa shape index (κ3) is 3.69. The standard InChI is InChI=1S/C52H28N4O/c1-2-14-30(15-3-1)47-37-26-25-29-13-4-7-18-33(29)48(37)54-52(53-47)56-41-23-12-21-35-38-27-31-16-5-6-17-32(31)44-36-20-8-10-22-40(36)55(49(38)44)42-28-39-34-19-9-11-24-43(34)57-51(39)50(56)46(42)45(35)41/h1-28H. The highest BCUT2D eigenvalue weighted by Gasteiger charge is 2.28. The van der Waals surface area contributed by atoms with E-state index in [9.17, 15) is 0 Å². The van der Waals surface area contributed by atoms with Gasteiger partial charge in [0.05, 0.1) is 33.3 Å². The second-order valence-corrected chi connectivity index (χ2v) is 15.3. The lowest BCUT2D eigenvalue weighted by molar-refractivity contribution is 0.671. The van der Waals surface area contributed by atoms with E-state index >= 15 is 0 Å². The van der Waals surface area contributed by atoms with Crippen molar-refractivity contribution in [2.24, 2.45) is 0 Å². The van der Waals surface area contributed by atoms with Gasteiger partial charge in [0.25, 0.3) is 0 Å². The normalized spacial score (nSPS) is 12.6. The Morgan fingerprint density at radius 3 is 2.02 bits per heavy atom. The van der Waals surface area contributed by atoms with Crippen LogP contribution in [0.25, 0.3) is 131 Å². The van der Waals surface area contributed by atoms with Crippen LogP contribution < -0.4 is 0 Å². The number of hydrogen-bond donors (Lipinski definition) is 0. The van der Waals surface area contributed by atoms with Crippen LogP contribution in [0.2, 0.25) is 0 Å². The van der Waals surface area contributed by atoms with Gasteiger partial charge >= 0.3 is 0 Å². The highest BCUT2D eigenvalue weighted by Crippen LogP contribution is 2.49. The summed E-state index contributed by atoms with van der Waals surface area (Å²) in [6.07, 6.45) is 0. The first-order valence-corrected chi connectivity index (χ1v) is 19.4. The fourth-order valence-electron chi connectivity index (χ4n) is 10.1. The summed E-state index contributed by atoms with van der Waals surface area (Å²) < 4.78 is 11.8. The van der Waals surface area contributed by atoms with Crippen molar-refractivity contribution in [3.05, 3.63) is 170 Å². The minimum absolute atomic E-state index is 0.607. The predicted molar refractivity (Wildman–Crippen MR) is 236 cm³/mol. The molecule has 5 aromatic heterocycles. The number of hydrogen-bond acceptors (Lipinski definition) is 3. The van der Waals surface area contributed by atoms with Crippen molar-refractivity contribution < 1.29 is 4.42 Å². The first-order valence-electron chi connectivity index (χ1n) is 19.4. The van der Waals surface area contributed by atoms with Crippen molar-refractivity contribution in [1.82, 2.24) is 18.9 Å². The van der Waals surface area contributed by atoms with Crippen LogP contribution >= 0.6 is 0 Å². The van der Waals surface area contributed by atoms with E-state index in [1.165, 1.54) is 43.4 Å². The summed E-state index contributed by atoms with van der Waals surface area (Å²) in [5, 5.41) is 15.0. The van der Waals surface area contributed by atoms with E-state index in [2.05, 4.69) is 173 Å². The van der Waals surface area contributed by atoms with Gasteiger partial charge in [0, 0.05) is 54.0 Å². The fraction of sp³-hybridized carbons (Fsp3) is 0. The van der Waals surface area contributed by atoms with Crippen LogP contribution in [0.5, 0.6) is 0 Å². The molecule has 0 aliphatic carbocycles. The summed E-state index contributed by atoms with van der Waals surface area (Å²) >= 11 is 0. The van der Waals surface area contributed by atoms with Crippen molar-refractivity contribution in [1.29, 1.82) is 0 Å². The van der Waals surface area contributed by atoms with Crippen LogP contribution in [0.3, 0.4) is 0 Å². The molecule has 0 bridgehead atoms. The molecule has 14 rings (SSSR count). The Balaban J connectivity index is 1.30. The Kier molecular flexibility index (Phi) is 5.45. The van der Waals surface area contributed by atoms with Crippen LogP contribution in [0, 0.1) is 0 Å². The van der Waals surface area contributed by atoms with Crippen molar-refractivity contribution in [3.8, 4) is 17.2 Å². The molecule has 0 N–H and O–H groups in total. The maximum atomic E-state index is 6.99. The molecule has 0 saturated heterocycles. The van der Waals surface area contributed by atoms with Gasteiger partial charge in [0.15, 0.2) is 5.58 Å². The molecule has 0 spiro atoms. The third-order valence-electron chi connectivity index (χ3n) is 12.4. The third-order valence-corrected chi connectivity index (χ3v) is 12.4. The Hall–Kier alpha value is -7.76. The van der Waals surface area contributed by atoms with Crippen molar-refractivity contribution in [3.63, 3.8) is 0 Å². The SMILES string of the molecule is c1ccc(-c2nc(-n3c4cccc5c6cc7ccccc7c7c8ccccc8n(c8cc9c%10ccccc%10oc9c3c8c54)c67)nc3c2ccc2ccccc23)cc1. The van der Waals surface area contributed by atoms with E-state index < -0.39 is 0 Å². The quantitative estimate of drug-likeness (QED) is 0.167. The minimum atomic E-state index is 0.607. The lowest BCUT2D eigenvalue weighted by atomic mass is 9.98. The lowest BCUT2D eigenvalue weighted by Crippen LogP contribution is -2.04. The lowest BCUT2D eigenvalue weighted by Gasteiger charge is -2.14. The molecule has 0 amide bonds. The predicted octanol–water partition coefficient (Wildman–Crippen LogP) is 13.7. The first kappa shape index (κ1) is 29.6. The number of rotatable bonds is 2. The van der Waals surface area contributed by atoms with Gasteiger partial charge in [-0.1, -0.05) is 133 Å². The summed E-state index contributed by atoms with van der Waals surface area (Å²) in [7, 11) is 0. The van der Waals surface area contributed by atoms with Crippen LogP contribution in [-0.4, -0.2) is 18.9 Å². The van der Waals surface area contributed by atoms with Gasteiger partial charge in [0.2, 0.25) is 5.95 Å². The van der Waals surface area contributed by atoms with Gasteiger partial charge in [-0.05, 0) is 57.9 Å². The van der Waals surface area contributed by atoms with E-state index in [1.807, 2.05) is 6.07 Å². The van der Waals surface area contributed by atoms with E-state index in [4.69, 9.17) is 14.4 Å². The smallest absolute Gasteiger partial charge is 0.235 e. The summed E-state index contributed by atoms with van der Waals surface area (Å²) in [5.74, 6) is 0.607. The number of nitrogens with zero attached hydrogens (tertiary/aromatic N) is 4. The van der Waals surface area contributed by atoms with Crippen molar-refractivity contribution >= 4 is 114 Å². The second kappa shape index (κ2) is 10.5. The second-order valence-electron chi connectivity index (χ2n) is 15.3. The van der Waals surface area contributed by atoms with Crippen molar-refractivity contribution in [2.45, 2.75) is 0 Å². The summed E-state index contributed by atoms with van der Waals surface area (Å²) in [6, 6.07) is 60.9. The molecule has 0 fully saturated rings. The number of fused-ring (bicyclic) bond motifs is 14. The zero-order valence-electron chi connectivity index (χ0n) is 30.4. The summed E-state index contributed by atoms with van der Waals surface area (Å²) in [5.41, 5.74) is 10.0. The van der Waals surface area contributed by atoms with Crippen molar-refractivity contribution in [2.75, 3.05) is 0 Å². The molecule has 5 heteroatoms. The molecule has 14 aromatic rings. The van der Waals surface area contributed by atoms with E-state index in [0.717, 1.165) is 82.2 Å². The van der Waals surface area contributed by atoms with Crippen LogP contribution in [0.4, 0.5) is 0 Å². The molecule has 262 valence electrons. The Morgan fingerprint density at radius 2 is 1.12 bits per heavy atom. The van der Waals surface area contributed by atoms with Crippen LogP contribution in [-0.2, 0) is 0 Å². The average molecular weight is 725 g/mol. The number of para-hydroxylation sites is 2. The largest absolute Gasteiger partial charge is 0.454 e. The zero-order chi connectivity index (χ0) is 36.9. The van der Waals surface area contributed by atoms with Gasteiger partial charge in [-0.15, -0.1) is 0 Å². The molecular weight excluding hydrogens is 697 g/mol. The van der Waals surface area contributed by atoms with E-state index in [-0.39, 0.29) is 0 Å². The Labute approximate surface area is 323 Å². The molecule has 0 saturated carbocycles. The maximum Gasteiger partial charge on any atom is 0.235 e. The zero-order valence-corrected chi connectivity index (χ0v) is 30.4. The number of benzene rings is 9. The molecule has 5 nitrogen and oxygen atoms in total. The van der Waals surface area contributed by atoms with Crippen LogP contribution in [0.1, 0.15) is 0 Å². The number of aromatic nitrogens is 4. The molecule has 9 aromatic carbocycles. The molecule has 0 atom stereocenters. The molecule has 0 aliphatic rings. The molecule has 0 aliphatic heterocycles. The highest BCUT2D eigenvalue weighted by molar-refractivity contribution is 6.37. The van der Waals surface area contributed by atoms with Gasteiger partial charge in [-0.2, -0.15) is 0 Å².